The molecular weight excluding hydrogens is 321 g/mol. The summed E-state index contributed by atoms with van der Waals surface area (Å²) in [5.41, 5.74) is 3.98. The van der Waals surface area contributed by atoms with Gasteiger partial charge in [0.2, 0.25) is 0 Å². The molecule has 0 aromatic heterocycles. The largest absolute Gasteiger partial charge is 0.492 e. The molecule has 10 heteroatoms. The number of rotatable bonds is 4. The average molecular weight is 338 g/mol. The Labute approximate surface area is 129 Å². The fourth-order valence-electron chi connectivity index (χ4n) is 3.62. The van der Waals surface area contributed by atoms with Crippen molar-refractivity contribution in [1.29, 1.82) is 0 Å². The number of hydroxylamine groups is 2. The Balaban J connectivity index is 2.43. The highest BCUT2D eigenvalue weighted by Crippen LogP contribution is 2.51. The molecule has 4 atom stereocenters. The number of carbonyl (C=O) groups is 3. The molecule has 0 radical (unpaired) electrons. The second-order valence-electron chi connectivity index (χ2n) is 5.96. The highest BCUT2D eigenvalue weighted by atomic mass is 19.4. The average Bonchev–Trinajstić information content (AvgIpc) is 2.95. The zero-order chi connectivity index (χ0) is 17.6. The van der Waals surface area contributed by atoms with Gasteiger partial charge in [-0.2, -0.15) is 13.2 Å². The molecule has 2 aliphatic rings. The molecule has 2 fully saturated rings. The Hall–Kier alpha value is -1.68. The maximum atomic E-state index is 12.5. The highest BCUT2D eigenvalue weighted by Gasteiger charge is 2.65. The smallest absolute Gasteiger partial charge is 0.480 e. The number of ketones is 1. The van der Waals surface area contributed by atoms with Crippen LogP contribution in [0.15, 0.2) is 0 Å². The Kier molecular flexibility index (Phi) is 4.42. The molecule has 2 rings (SSSR count). The fourth-order valence-corrected chi connectivity index (χ4v) is 3.62. The summed E-state index contributed by atoms with van der Waals surface area (Å²) in [6, 6.07) is -2.52. The fraction of sp³-hybridized carbons (Fsp3) is 0.769. The molecule has 0 unspecified atom stereocenters. The van der Waals surface area contributed by atoms with E-state index in [1.54, 1.807) is 0 Å². The Morgan fingerprint density at radius 2 is 2.00 bits per heavy atom. The van der Waals surface area contributed by atoms with Crippen molar-refractivity contribution in [3.63, 3.8) is 0 Å². The van der Waals surface area contributed by atoms with E-state index in [0.29, 0.717) is 17.9 Å². The number of hydrogen-bond donors (Lipinski definition) is 2. The third-order valence-corrected chi connectivity index (χ3v) is 4.51. The summed E-state index contributed by atoms with van der Waals surface area (Å²) in [5.74, 6) is -5.12. The lowest BCUT2D eigenvalue weighted by molar-refractivity contribution is -0.259. The van der Waals surface area contributed by atoms with Crippen molar-refractivity contribution in [2.45, 2.75) is 56.4 Å². The molecule has 3 N–H and O–H groups in total. The number of carboxylic acids is 1. The molecule has 7 nitrogen and oxygen atoms in total. The van der Waals surface area contributed by atoms with E-state index < -0.39 is 47.4 Å². The third kappa shape index (κ3) is 2.80. The predicted molar refractivity (Wildman–Crippen MR) is 68.8 cm³/mol. The van der Waals surface area contributed by atoms with Crippen LogP contribution in [-0.4, -0.2) is 51.7 Å². The van der Waals surface area contributed by atoms with E-state index in [2.05, 4.69) is 4.84 Å². The van der Waals surface area contributed by atoms with E-state index in [1.807, 2.05) is 0 Å². The van der Waals surface area contributed by atoms with Crippen LogP contribution in [0.1, 0.15) is 32.6 Å². The molecule has 1 heterocycles. The van der Waals surface area contributed by atoms with Gasteiger partial charge in [0.25, 0.3) is 0 Å². The summed E-state index contributed by atoms with van der Waals surface area (Å²) in [4.78, 5) is 39.4. The predicted octanol–water partition coefficient (Wildman–Crippen LogP) is 0.621. The quantitative estimate of drug-likeness (QED) is 0.773. The number of Topliss-reactive ketones (excluding diaryl/α,β-unsaturated/α-hetero) is 1. The first-order valence-electron chi connectivity index (χ1n) is 7.13. The van der Waals surface area contributed by atoms with Gasteiger partial charge in [-0.1, -0.05) is 6.42 Å². The van der Waals surface area contributed by atoms with Gasteiger partial charge in [0.1, 0.15) is 11.6 Å². The Morgan fingerprint density at radius 1 is 1.39 bits per heavy atom. The lowest BCUT2D eigenvalue weighted by Gasteiger charge is -2.37. The summed E-state index contributed by atoms with van der Waals surface area (Å²) >= 11 is 0. The van der Waals surface area contributed by atoms with E-state index in [4.69, 9.17) is 5.73 Å². The van der Waals surface area contributed by atoms with Gasteiger partial charge in [-0.05, 0) is 32.1 Å². The Bertz CT molecular complexity index is 536. The lowest BCUT2D eigenvalue weighted by Crippen LogP contribution is -2.60. The van der Waals surface area contributed by atoms with Crippen molar-refractivity contribution < 1.29 is 37.5 Å². The van der Waals surface area contributed by atoms with E-state index in [9.17, 15) is 32.7 Å². The van der Waals surface area contributed by atoms with Crippen LogP contribution in [-0.2, 0) is 19.2 Å². The van der Waals surface area contributed by atoms with Crippen LogP contribution >= 0.6 is 0 Å². The number of nitrogens with two attached hydrogens (primary N) is 1. The van der Waals surface area contributed by atoms with E-state index in [1.165, 1.54) is 6.92 Å². The minimum atomic E-state index is -5.29. The normalized spacial score (nSPS) is 32.4. The van der Waals surface area contributed by atoms with Crippen LogP contribution in [0.4, 0.5) is 13.2 Å². The van der Waals surface area contributed by atoms with Crippen molar-refractivity contribution in [2.24, 2.45) is 11.7 Å². The number of carbonyl (C=O) groups excluding carboxylic acids is 2. The molecule has 0 bridgehead atoms. The van der Waals surface area contributed by atoms with Crippen molar-refractivity contribution in [1.82, 2.24) is 5.06 Å². The number of alkyl halides is 3. The van der Waals surface area contributed by atoms with Gasteiger partial charge in [0.05, 0.1) is 6.04 Å². The molecule has 130 valence electrons. The summed E-state index contributed by atoms with van der Waals surface area (Å²) in [6.07, 6.45) is -4.29. The lowest BCUT2D eigenvalue weighted by atomic mass is 9.82. The minimum Gasteiger partial charge on any atom is -0.480 e. The van der Waals surface area contributed by atoms with Crippen LogP contribution < -0.4 is 5.73 Å². The first kappa shape index (κ1) is 17.7. The summed E-state index contributed by atoms with van der Waals surface area (Å²) < 4.78 is 37.5. The molecule has 0 aromatic rings. The van der Waals surface area contributed by atoms with Crippen molar-refractivity contribution in [3.8, 4) is 0 Å². The molecule has 1 saturated heterocycles. The molecule has 1 saturated carbocycles. The van der Waals surface area contributed by atoms with Crippen LogP contribution in [0.5, 0.6) is 0 Å². The molecule has 23 heavy (non-hydrogen) atoms. The van der Waals surface area contributed by atoms with E-state index >= 15 is 0 Å². The van der Waals surface area contributed by atoms with Crippen LogP contribution in [0.2, 0.25) is 0 Å². The van der Waals surface area contributed by atoms with Crippen molar-refractivity contribution in [2.75, 3.05) is 0 Å². The zero-order valence-electron chi connectivity index (χ0n) is 12.3. The standard InChI is InChI=1S/C13H17F3N2O5/c1-6(17)9(19)12-4-2-3-7(12)5-8(10(20)21)18(12)23-11(22)13(14,15)16/h6-8H,2-5,17H2,1H3,(H,20,21)/t6-,7-,8-,12-/m0/s1. The summed E-state index contributed by atoms with van der Waals surface area (Å²) in [7, 11) is 0. The van der Waals surface area contributed by atoms with Gasteiger partial charge in [-0.25, -0.2) is 4.79 Å². The van der Waals surface area contributed by atoms with E-state index in [-0.39, 0.29) is 12.8 Å². The number of hydrogen-bond acceptors (Lipinski definition) is 6. The van der Waals surface area contributed by atoms with Crippen molar-refractivity contribution in [3.05, 3.63) is 0 Å². The highest BCUT2D eigenvalue weighted by molar-refractivity contribution is 5.95. The number of carboxylic acid groups (broad SMARTS) is 1. The van der Waals surface area contributed by atoms with Gasteiger partial charge in [-0.3, -0.25) is 9.59 Å². The summed E-state index contributed by atoms with van der Waals surface area (Å²) in [5, 5.41) is 9.67. The number of fused-ring (bicyclic) bond motifs is 1. The number of aliphatic carboxylic acids is 1. The first-order chi connectivity index (χ1) is 10.5. The molecular formula is C13H17F3N2O5. The minimum absolute atomic E-state index is 0.0705. The maximum absolute atomic E-state index is 12.5. The topological polar surface area (TPSA) is 110 Å². The van der Waals surface area contributed by atoms with Gasteiger partial charge in [-0.15, -0.1) is 5.06 Å². The number of nitrogens with zero attached hydrogens (tertiary/aromatic N) is 1. The Morgan fingerprint density at radius 3 is 2.48 bits per heavy atom. The summed E-state index contributed by atoms with van der Waals surface area (Å²) in [6.45, 7) is 1.37. The van der Waals surface area contributed by atoms with Crippen LogP contribution in [0.3, 0.4) is 0 Å². The monoisotopic (exact) mass is 338 g/mol. The zero-order valence-corrected chi connectivity index (χ0v) is 12.3. The molecule has 1 aliphatic carbocycles. The maximum Gasteiger partial charge on any atom is 0.492 e. The molecule has 0 aromatic carbocycles. The van der Waals surface area contributed by atoms with Crippen molar-refractivity contribution >= 4 is 17.7 Å². The van der Waals surface area contributed by atoms with Gasteiger partial charge < -0.3 is 15.7 Å². The van der Waals surface area contributed by atoms with E-state index in [0.717, 1.165) is 0 Å². The van der Waals surface area contributed by atoms with Gasteiger partial charge in [0.15, 0.2) is 5.78 Å². The van der Waals surface area contributed by atoms with Crippen LogP contribution in [0, 0.1) is 5.92 Å². The van der Waals surface area contributed by atoms with Gasteiger partial charge >= 0.3 is 18.1 Å². The van der Waals surface area contributed by atoms with Gasteiger partial charge in [0, 0.05) is 0 Å². The first-order valence-corrected chi connectivity index (χ1v) is 7.13. The third-order valence-electron chi connectivity index (χ3n) is 4.51. The second-order valence-corrected chi connectivity index (χ2v) is 5.96. The SMILES string of the molecule is C[C@H](N)C(=O)[C@]12CCC[C@H]1C[C@@H](C(=O)O)N2OC(=O)C(F)(F)F. The molecule has 1 aliphatic heterocycles. The molecule has 0 spiro atoms. The molecule has 0 amide bonds. The second kappa shape index (κ2) is 5.75. The number of halogens is 3. The van der Waals surface area contributed by atoms with Crippen LogP contribution in [0.25, 0.3) is 0 Å².